The summed E-state index contributed by atoms with van der Waals surface area (Å²) in [5.74, 6) is 1.08. The van der Waals surface area contributed by atoms with Gasteiger partial charge in [0.15, 0.2) is 12.0 Å². The van der Waals surface area contributed by atoms with Crippen LogP contribution in [0.5, 0.6) is 0 Å². The standard InChI is InChI=1S/C14H14N2O2/c17-9-12-2-4-14(18-12)10-1-3-13-11(7-10)8-15-5-6-16-13/h1-4,7,9,15-16H,5-6,8H2. The van der Waals surface area contributed by atoms with Crippen molar-refractivity contribution < 1.29 is 9.21 Å². The number of nitrogens with one attached hydrogen (secondary N) is 2. The third kappa shape index (κ3) is 2.02. The summed E-state index contributed by atoms with van der Waals surface area (Å²) in [6, 6.07) is 9.66. The van der Waals surface area contributed by atoms with E-state index in [9.17, 15) is 4.79 Å². The molecule has 92 valence electrons. The van der Waals surface area contributed by atoms with E-state index < -0.39 is 0 Å². The Kier molecular flexibility index (Phi) is 2.86. The third-order valence-electron chi connectivity index (χ3n) is 3.07. The van der Waals surface area contributed by atoms with Crippen molar-refractivity contribution in [2.75, 3.05) is 18.4 Å². The van der Waals surface area contributed by atoms with Gasteiger partial charge in [0.05, 0.1) is 0 Å². The quantitative estimate of drug-likeness (QED) is 0.793. The van der Waals surface area contributed by atoms with Crippen molar-refractivity contribution in [3.05, 3.63) is 41.7 Å². The van der Waals surface area contributed by atoms with Crippen LogP contribution in [0, 0.1) is 0 Å². The largest absolute Gasteiger partial charge is 0.453 e. The van der Waals surface area contributed by atoms with Crippen LogP contribution in [0.2, 0.25) is 0 Å². The van der Waals surface area contributed by atoms with E-state index in [4.69, 9.17) is 4.42 Å². The van der Waals surface area contributed by atoms with E-state index in [2.05, 4.69) is 22.8 Å². The maximum absolute atomic E-state index is 10.6. The highest BCUT2D eigenvalue weighted by Crippen LogP contribution is 2.27. The molecular formula is C14H14N2O2. The van der Waals surface area contributed by atoms with Crippen LogP contribution in [0.25, 0.3) is 11.3 Å². The average molecular weight is 242 g/mol. The number of rotatable bonds is 2. The predicted octanol–water partition coefficient (Wildman–Crippen LogP) is 2.27. The molecule has 0 unspecified atom stereocenters. The maximum Gasteiger partial charge on any atom is 0.185 e. The number of carbonyl (C=O) groups is 1. The van der Waals surface area contributed by atoms with Crippen LogP contribution in [0.1, 0.15) is 16.1 Å². The van der Waals surface area contributed by atoms with Crippen molar-refractivity contribution in [3.8, 4) is 11.3 Å². The van der Waals surface area contributed by atoms with Crippen molar-refractivity contribution >= 4 is 12.0 Å². The van der Waals surface area contributed by atoms with Gasteiger partial charge in [-0.25, -0.2) is 0 Å². The highest BCUT2D eigenvalue weighted by atomic mass is 16.3. The van der Waals surface area contributed by atoms with E-state index in [-0.39, 0.29) is 0 Å². The first kappa shape index (κ1) is 11.0. The maximum atomic E-state index is 10.6. The fraction of sp³-hybridized carbons (Fsp3) is 0.214. The number of carbonyl (C=O) groups excluding carboxylic acids is 1. The Hall–Kier alpha value is -2.07. The van der Waals surface area contributed by atoms with Crippen molar-refractivity contribution in [1.29, 1.82) is 0 Å². The summed E-state index contributed by atoms with van der Waals surface area (Å²) in [5, 5.41) is 6.72. The SMILES string of the molecule is O=Cc1ccc(-c2ccc3c(c2)CNCCN3)o1. The predicted molar refractivity (Wildman–Crippen MR) is 69.7 cm³/mol. The lowest BCUT2D eigenvalue weighted by atomic mass is 10.1. The molecule has 0 aliphatic carbocycles. The molecule has 0 spiro atoms. The Morgan fingerprint density at radius 1 is 1.17 bits per heavy atom. The molecule has 18 heavy (non-hydrogen) atoms. The summed E-state index contributed by atoms with van der Waals surface area (Å²) in [6.07, 6.45) is 0.718. The smallest absolute Gasteiger partial charge is 0.185 e. The van der Waals surface area contributed by atoms with Crippen LogP contribution in [0.15, 0.2) is 34.7 Å². The Bertz CT molecular complexity index is 575. The molecule has 1 aliphatic heterocycles. The minimum atomic E-state index is 0.358. The Labute approximate surface area is 105 Å². The number of furan rings is 1. The number of hydrogen-bond donors (Lipinski definition) is 2. The zero-order valence-corrected chi connectivity index (χ0v) is 9.90. The van der Waals surface area contributed by atoms with Gasteiger partial charge < -0.3 is 15.1 Å². The number of fused-ring (bicyclic) bond motifs is 1. The lowest BCUT2D eigenvalue weighted by Crippen LogP contribution is -2.16. The summed E-state index contributed by atoms with van der Waals surface area (Å²) in [4.78, 5) is 10.6. The molecule has 0 saturated heterocycles. The second-order valence-corrected chi connectivity index (χ2v) is 4.30. The van der Waals surface area contributed by atoms with Gasteiger partial charge in [0.25, 0.3) is 0 Å². The zero-order valence-electron chi connectivity index (χ0n) is 9.90. The molecule has 0 amide bonds. The first-order chi connectivity index (χ1) is 8.86. The van der Waals surface area contributed by atoms with Gasteiger partial charge in [-0.15, -0.1) is 0 Å². The fourth-order valence-electron chi connectivity index (χ4n) is 2.15. The van der Waals surface area contributed by atoms with Crippen molar-refractivity contribution in [3.63, 3.8) is 0 Å². The second-order valence-electron chi connectivity index (χ2n) is 4.30. The molecule has 2 aromatic rings. The minimum Gasteiger partial charge on any atom is -0.453 e. The number of hydrogen-bond acceptors (Lipinski definition) is 4. The topological polar surface area (TPSA) is 54.3 Å². The van der Waals surface area contributed by atoms with Crippen molar-refractivity contribution in [2.45, 2.75) is 6.54 Å². The summed E-state index contributed by atoms with van der Waals surface area (Å²) < 4.78 is 5.43. The fourth-order valence-corrected chi connectivity index (χ4v) is 2.15. The van der Waals surface area contributed by atoms with Crippen LogP contribution in [0.3, 0.4) is 0 Å². The lowest BCUT2D eigenvalue weighted by molar-refractivity contribution is 0.110. The second kappa shape index (κ2) is 4.66. The summed E-state index contributed by atoms with van der Waals surface area (Å²) in [7, 11) is 0. The molecule has 0 fully saturated rings. The van der Waals surface area contributed by atoms with Gasteiger partial charge in [-0.05, 0) is 35.9 Å². The molecule has 4 nitrogen and oxygen atoms in total. The molecule has 2 N–H and O–H groups in total. The van der Waals surface area contributed by atoms with Crippen LogP contribution < -0.4 is 10.6 Å². The lowest BCUT2D eigenvalue weighted by Gasteiger charge is -2.08. The number of anilines is 1. The first-order valence-electron chi connectivity index (χ1n) is 6.00. The van der Waals surface area contributed by atoms with Crippen molar-refractivity contribution in [2.24, 2.45) is 0 Å². The molecule has 1 aliphatic rings. The molecule has 0 atom stereocenters. The molecule has 0 saturated carbocycles. The highest BCUT2D eigenvalue weighted by Gasteiger charge is 2.10. The summed E-state index contributed by atoms with van der Waals surface area (Å²) in [5.41, 5.74) is 3.37. The monoisotopic (exact) mass is 242 g/mol. The molecule has 2 heterocycles. The van der Waals surface area contributed by atoms with E-state index >= 15 is 0 Å². The Balaban J connectivity index is 1.98. The molecule has 3 rings (SSSR count). The van der Waals surface area contributed by atoms with Gasteiger partial charge in [0.1, 0.15) is 5.76 Å². The molecule has 0 radical (unpaired) electrons. The van der Waals surface area contributed by atoms with E-state index in [1.54, 1.807) is 6.07 Å². The Morgan fingerprint density at radius 2 is 2.11 bits per heavy atom. The van der Waals surface area contributed by atoms with Crippen LogP contribution in [-0.4, -0.2) is 19.4 Å². The van der Waals surface area contributed by atoms with Crippen LogP contribution in [-0.2, 0) is 6.54 Å². The zero-order chi connectivity index (χ0) is 12.4. The van der Waals surface area contributed by atoms with E-state index in [1.807, 2.05) is 12.1 Å². The van der Waals surface area contributed by atoms with Crippen LogP contribution >= 0.6 is 0 Å². The van der Waals surface area contributed by atoms with Gasteiger partial charge in [-0.2, -0.15) is 0 Å². The summed E-state index contributed by atoms with van der Waals surface area (Å²) in [6.45, 7) is 2.74. The van der Waals surface area contributed by atoms with Gasteiger partial charge >= 0.3 is 0 Å². The molecule has 4 heteroatoms. The van der Waals surface area contributed by atoms with Gasteiger partial charge in [0, 0.05) is 30.9 Å². The first-order valence-corrected chi connectivity index (χ1v) is 6.00. The van der Waals surface area contributed by atoms with Gasteiger partial charge in [-0.3, -0.25) is 4.79 Å². The van der Waals surface area contributed by atoms with E-state index in [0.29, 0.717) is 5.76 Å². The normalized spacial score (nSPS) is 14.4. The molecule has 1 aromatic heterocycles. The van der Waals surface area contributed by atoms with E-state index in [1.165, 1.54) is 5.56 Å². The van der Waals surface area contributed by atoms with Crippen molar-refractivity contribution in [1.82, 2.24) is 5.32 Å². The summed E-state index contributed by atoms with van der Waals surface area (Å²) >= 11 is 0. The molecular weight excluding hydrogens is 228 g/mol. The van der Waals surface area contributed by atoms with Gasteiger partial charge in [0.2, 0.25) is 0 Å². The average Bonchev–Trinajstić information content (AvgIpc) is 2.76. The Morgan fingerprint density at radius 3 is 2.94 bits per heavy atom. The molecule has 0 bridgehead atoms. The van der Waals surface area contributed by atoms with Crippen LogP contribution in [0.4, 0.5) is 5.69 Å². The number of benzene rings is 1. The number of aldehydes is 1. The van der Waals surface area contributed by atoms with E-state index in [0.717, 1.165) is 42.9 Å². The third-order valence-corrected chi connectivity index (χ3v) is 3.07. The minimum absolute atomic E-state index is 0.358. The van der Waals surface area contributed by atoms with Gasteiger partial charge in [-0.1, -0.05) is 0 Å². The molecule has 1 aromatic carbocycles. The highest BCUT2D eigenvalue weighted by molar-refractivity contribution is 5.73.